The van der Waals surface area contributed by atoms with Crippen molar-refractivity contribution in [3.63, 3.8) is 0 Å². The largest absolute Gasteiger partial charge is 0.354 e. The molecule has 1 unspecified atom stereocenters. The molecule has 30 heavy (non-hydrogen) atoms. The average molecular weight is 423 g/mol. The molecule has 1 atom stereocenters. The maximum Gasteiger partial charge on any atom is 0.191 e. The molecule has 1 aliphatic rings. The summed E-state index contributed by atoms with van der Waals surface area (Å²) in [7, 11) is 1.83. The predicted octanol–water partition coefficient (Wildman–Crippen LogP) is 3.50. The van der Waals surface area contributed by atoms with Crippen molar-refractivity contribution < 1.29 is 0 Å². The highest BCUT2D eigenvalue weighted by atomic mass is 32.1. The van der Waals surface area contributed by atoms with Crippen LogP contribution in [-0.4, -0.2) is 47.3 Å². The summed E-state index contributed by atoms with van der Waals surface area (Å²) in [4.78, 5) is 8.46. The molecule has 2 N–H and O–H groups in total. The number of thiophene rings is 1. The van der Waals surface area contributed by atoms with Crippen LogP contribution < -0.4 is 10.6 Å². The van der Waals surface area contributed by atoms with Crippen LogP contribution in [0.25, 0.3) is 0 Å². The molecular weight excluding hydrogens is 392 g/mol. The number of likely N-dealkylation sites (tertiary alicyclic amines) is 1. The highest BCUT2D eigenvalue weighted by Crippen LogP contribution is 2.27. The molecule has 0 aliphatic carbocycles. The Kier molecular flexibility index (Phi) is 7.16. The molecule has 0 amide bonds. The van der Waals surface area contributed by atoms with E-state index in [1.54, 1.807) is 0 Å². The first-order valence-electron chi connectivity index (χ1n) is 10.6. The van der Waals surface area contributed by atoms with E-state index in [0.717, 1.165) is 25.6 Å². The predicted molar refractivity (Wildman–Crippen MR) is 124 cm³/mol. The second-order valence-corrected chi connectivity index (χ2v) is 8.53. The van der Waals surface area contributed by atoms with Crippen molar-refractivity contribution in [3.05, 3.63) is 76.2 Å². The maximum atomic E-state index is 4.45. The summed E-state index contributed by atoms with van der Waals surface area (Å²) in [5.41, 5.74) is 2.52. The fraction of sp³-hybridized carbons (Fsp3) is 0.391. The minimum Gasteiger partial charge on any atom is -0.354 e. The SMILES string of the molecule is CN=C(NCc1ccccc1Cn1cccn1)NCC(c1cccs1)N1CCCC1. The van der Waals surface area contributed by atoms with Gasteiger partial charge >= 0.3 is 0 Å². The summed E-state index contributed by atoms with van der Waals surface area (Å²) >= 11 is 1.84. The van der Waals surface area contributed by atoms with Crippen molar-refractivity contribution in [3.8, 4) is 0 Å². The van der Waals surface area contributed by atoms with Crippen molar-refractivity contribution in [1.82, 2.24) is 25.3 Å². The summed E-state index contributed by atoms with van der Waals surface area (Å²) in [6.45, 7) is 4.71. The Balaban J connectivity index is 1.36. The van der Waals surface area contributed by atoms with Crippen LogP contribution in [0.5, 0.6) is 0 Å². The molecule has 1 saturated heterocycles. The molecule has 6 nitrogen and oxygen atoms in total. The maximum absolute atomic E-state index is 4.45. The van der Waals surface area contributed by atoms with Crippen molar-refractivity contribution in [2.24, 2.45) is 4.99 Å². The van der Waals surface area contributed by atoms with Crippen LogP contribution in [0.3, 0.4) is 0 Å². The molecule has 1 aromatic carbocycles. The Bertz CT molecular complexity index is 913. The Morgan fingerprint density at radius 3 is 2.63 bits per heavy atom. The molecule has 7 heteroatoms. The monoisotopic (exact) mass is 422 g/mol. The number of rotatable bonds is 8. The molecule has 1 aliphatic heterocycles. The van der Waals surface area contributed by atoms with Gasteiger partial charge in [0.15, 0.2) is 5.96 Å². The number of nitrogens with one attached hydrogen (secondary N) is 2. The zero-order chi connectivity index (χ0) is 20.6. The molecule has 0 bridgehead atoms. The van der Waals surface area contributed by atoms with Crippen molar-refractivity contribution >= 4 is 17.3 Å². The van der Waals surface area contributed by atoms with Crippen molar-refractivity contribution in [1.29, 1.82) is 0 Å². The molecule has 2 aromatic heterocycles. The lowest BCUT2D eigenvalue weighted by Gasteiger charge is -2.27. The molecule has 158 valence electrons. The number of nitrogens with zero attached hydrogens (tertiary/aromatic N) is 4. The molecule has 1 fully saturated rings. The third-order valence-electron chi connectivity index (χ3n) is 5.60. The van der Waals surface area contributed by atoms with Gasteiger partial charge in [-0.3, -0.25) is 14.6 Å². The molecule has 0 spiro atoms. The van der Waals surface area contributed by atoms with Gasteiger partial charge in [0.1, 0.15) is 0 Å². The van der Waals surface area contributed by atoms with Gasteiger partial charge in [0.25, 0.3) is 0 Å². The normalized spacial score (nSPS) is 16.0. The van der Waals surface area contributed by atoms with E-state index < -0.39 is 0 Å². The number of guanidine groups is 1. The number of aromatic nitrogens is 2. The first kappa shape index (κ1) is 20.6. The third-order valence-corrected chi connectivity index (χ3v) is 6.57. The Labute approximate surface area is 182 Å². The standard InChI is InChI=1S/C23H30N6S/c1-24-23(26-17-21(22-10-6-15-30-22)28-12-4-5-13-28)25-16-19-8-2-3-9-20(19)18-29-14-7-11-27-29/h2-3,6-11,14-15,21H,4-5,12-13,16-18H2,1H3,(H2,24,25,26). The topological polar surface area (TPSA) is 57.5 Å². The summed E-state index contributed by atoms with van der Waals surface area (Å²) < 4.78 is 1.95. The average Bonchev–Trinajstić information content (AvgIpc) is 3.56. The van der Waals surface area contributed by atoms with Crippen LogP contribution in [-0.2, 0) is 13.1 Å². The van der Waals surface area contributed by atoms with Gasteiger partial charge in [0.05, 0.1) is 12.6 Å². The second-order valence-electron chi connectivity index (χ2n) is 7.55. The quantitative estimate of drug-likeness (QED) is 0.431. The van der Waals surface area contributed by atoms with Gasteiger partial charge in [0.2, 0.25) is 0 Å². The minimum atomic E-state index is 0.401. The van der Waals surface area contributed by atoms with Crippen LogP contribution in [0.15, 0.2) is 65.2 Å². The number of hydrogen-bond acceptors (Lipinski definition) is 4. The van der Waals surface area contributed by atoms with Crippen LogP contribution >= 0.6 is 11.3 Å². The second kappa shape index (κ2) is 10.4. The lowest BCUT2D eigenvalue weighted by Crippen LogP contribution is -2.42. The third kappa shape index (κ3) is 5.29. The summed E-state index contributed by atoms with van der Waals surface area (Å²) in [5.74, 6) is 0.838. The summed E-state index contributed by atoms with van der Waals surface area (Å²) in [5, 5.41) is 13.5. The fourth-order valence-corrected chi connectivity index (χ4v) is 4.85. The number of aliphatic imine (C=N–C) groups is 1. The van der Waals surface area contributed by atoms with E-state index in [1.165, 1.54) is 41.9 Å². The Morgan fingerprint density at radius 2 is 1.93 bits per heavy atom. The van der Waals surface area contributed by atoms with Gasteiger partial charge in [-0.2, -0.15) is 5.10 Å². The smallest absolute Gasteiger partial charge is 0.191 e. The highest BCUT2D eigenvalue weighted by molar-refractivity contribution is 7.10. The Hall–Kier alpha value is -2.64. The van der Waals surface area contributed by atoms with Crippen LogP contribution in [0, 0.1) is 0 Å². The van der Waals surface area contributed by atoms with E-state index in [4.69, 9.17) is 0 Å². The molecule has 0 radical (unpaired) electrons. The first-order valence-corrected chi connectivity index (χ1v) is 11.5. The van der Waals surface area contributed by atoms with Crippen LogP contribution in [0.2, 0.25) is 0 Å². The van der Waals surface area contributed by atoms with Gasteiger partial charge in [-0.05, 0) is 54.6 Å². The van der Waals surface area contributed by atoms with Gasteiger partial charge in [-0.25, -0.2) is 0 Å². The molecule has 4 rings (SSSR count). The van der Waals surface area contributed by atoms with Crippen LogP contribution in [0.4, 0.5) is 0 Å². The fourth-order valence-electron chi connectivity index (χ4n) is 3.99. The van der Waals surface area contributed by atoms with Gasteiger partial charge in [-0.1, -0.05) is 30.3 Å². The van der Waals surface area contributed by atoms with Gasteiger partial charge in [-0.15, -0.1) is 11.3 Å². The summed E-state index contributed by atoms with van der Waals surface area (Å²) in [6, 6.07) is 15.2. The number of benzene rings is 1. The lowest BCUT2D eigenvalue weighted by molar-refractivity contribution is 0.249. The minimum absolute atomic E-state index is 0.401. The molecule has 0 saturated carbocycles. The van der Waals surface area contributed by atoms with E-state index >= 15 is 0 Å². The Morgan fingerprint density at radius 1 is 1.10 bits per heavy atom. The van der Waals surface area contributed by atoms with E-state index in [2.05, 4.69) is 67.4 Å². The van der Waals surface area contributed by atoms with E-state index in [0.29, 0.717) is 6.04 Å². The van der Waals surface area contributed by atoms with Gasteiger partial charge in [0, 0.05) is 37.4 Å². The highest BCUT2D eigenvalue weighted by Gasteiger charge is 2.24. The van der Waals surface area contributed by atoms with Crippen molar-refractivity contribution in [2.75, 3.05) is 26.7 Å². The first-order chi connectivity index (χ1) is 14.8. The molecule has 3 heterocycles. The van der Waals surface area contributed by atoms with E-state index in [-0.39, 0.29) is 0 Å². The lowest BCUT2D eigenvalue weighted by atomic mass is 10.1. The zero-order valence-corrected chi connectivity index (χ0v) is 18.3. The summed E-state index contributed by atoms with van der Waals surface area (Å²) in [6.07, 6.45) is 6.40. The van der Waals surface area contributed by atoms with E-state index in [1.807, 2.05) is 41.5 Å². The zero-order valence-electron chi connectivity index (χ0n) is 17.5. The molecule has 3 aromatic rings. The van der Waals surface area contributed by atoms with Crippen LogP contribution in [0.1, 0.15) is 34.9 Å². The van der Waals surface area contributed by atoms with Gasteiger partial charge < -0.3 is 10.6 Å². The number of hydrogen-bond donors (Lipinski definition) is 2. The van der Waals surface area contributed by atoms with E-state index in [9.17, 15) is 0 Å². The molecular formula is C23H30N6S. The van der Waals surface area contributed by atoms with Crippen molar-refractivity contribution in [2.45, 2.75) is 32.0 Å².